The molecule has 1 aliphatic rings. The molecule has 4 N–H and O–H groups in total. The van der Waals surface area contributed by atoms with Crippen LogP contribution in [0.15, 0.2) is 36.4 Å². The summed E-state index contributed by atoms with van der Waals surface area (Å²) >= 11 is 0. The van der Waals surface area contributed by atoms with Crippen LogP contribution in [0.4, 0.5) is 0 Å². The third-order valence-electron chi connectivity index (χ3n) is 5.24. The molecule has 1 saturated heterocycles. The van der Waals surface area contributed by atoms with Gasteiger partial charge in [0.15, 0.2) is 0 Å². The largest absolute Gasteiger partial charge is 0.507 e. The molecule has 5 nitrogen and oxygen atoms in total. The first-order valence-electron chi connectivity index (χ1n) is 9.05. The van der Waals surface area contributed by atoms with Crippen LogP contribution in [0.2, 0.25) is 0 Å². The second-order valence-corrected chi connectivity index (χ2v) is 6.97. The van der Waals surface area contributed by atoms with Crippen LogP contribution in [0, 0.1) is 6.92 Å². The number of phenols is 1. The number of hydrogen-bond donors (Lipinski definition) is 3. The van der Waals surface area contributed by atoms with Gasteiger partial charge in [-0.05, 0) is 54.5 Å². The van der Waals surface area contributed by atoms with Gasteiger partial charge in [-0.15, -0.1) is 0 Å². The van der Waals surface area contributed by atoms with Crippen LogP contribution in [0.1, 0.15) is 51.4 Å². The first kappa shape index (κ1) is 18.4. The number of hydrogen-bond acceptors (Lipinski definition) is 4. The standard InChI is InChI=1S/C21H26N2O3/c1-14-9-18(11-19(13-24)20(14)25)21(26)23-7-5-16(6-8-23)17-4-2-3-15(10-17)12-22/h2-4,9-11,16,24-25H,5-8,12-13,22H2,1H3. The van der Waals surface area contributed by atoms with Gasteiger partial charge in [-0.25, -0.2) is 0 Å². The first-order chi connectivity index (χ1) is 12.5. The van der Waals surface area contributed by atoms with E-state index in [-0.39, 0.29) is 18.3 Å². The Labute approximate surface area is 154 Å². The highest BCUT2D eigenvalue weighted by atomic mass is 16.3. The number of piperidine rings is 1. The van der Waals surface area contributed by atoms with E-state index in [4.69, 9.17) is 5.73 Å². The molecule has 2 aromatic rings. The second-order valence-electron chi connectivity index (χ2n) is 6.97. The van der Waals surface area contributed by atoms with Gasteiger partial charge in [0.05, 0.1) is 6.61 Å². The molecule has 0 saturated carbocycles. The Balaban J connectivity index is 1.70. The van der Waals surface area contributed by atoms with Crippen molar-refractivity contribution >= 4 is 5.91 Å². The topological polar surface area (TPSA) is 86.8 Å². The van der Waals surface area contributed by atoms with E-state index in [0.29, 0.717) is 42.2 Å². The number of rotatable bonds is 4. The highest BCUT2D eigenvalue weighted by Gasteiger charge is 2.25. The van der Waals surface area contributed by atoms with Gasteiger partial charge < -0.3 is 20.8 Å². The summed E-state index contributed by atoms with van der Waals surface area (Å²) in [5.74, 6) is 0.458. The molecule has 0 aliphatic carbocycles. The summed E-state index contributed by atoms with van der Waals surface area (Å²) < 4.78 is 0. The third kappa shape index (κ3) is 3.74. The van der Waals surface area contributed by atoms with Gasteiger partial charge in [0.2, 0.25) is 0 Å². The average Bonchev–Trinajstić information content (AvgIpc) is 2.69. The molecule has 1 amide bonds. The number of nitrogens with zero attached hydrogens (tertiary/aromatic N) is 1. The number of carbonyl (C=O) groups excluding carboxylic acids is 1. The van der Waals surface area contributed by atoms with Gasteiger partial charge in [-0.2, -0.15) is 0 Å². The van der Waals surface area contributed by atoms with Gasteiger partial charge in [0.25, 0.3) is 5.91 Å². The zero-order valence-corrected chi connectivity index (χ0v) is 15.1. The maximum absolute atomic E-state index is 12.8. The molecule has 0 radical (unpaired) electrons. The maximum Gasteiger partial charge on any atom is 0.253 e. The van der Waals surface area contributed by atoms with E-state index in [0.717, 1.165) is 18.4 Å². The number of benzene rings is 2. The quantitative estimate of drug-likeness (QED) is 0.788. The Hall–Kier alpha value is -2.37. The van der Waals surface area contributed by atoms with E-state index in [2.05, 4.69) is 12.1 Å². The van der Waals surface area contributed by atoms with Crippen LogP contribution < -0.4 is 5.73 Å². The highest BCUT2D eigenvalue weighted by molar-refractivity contribution is 5.95. The van der Waals surface area contributed by atoms with Crippen molar-refractivity contribution in [3.63, 3.8) is 0 Å². The van der Waals surface area contributed by atoms with Crippen molar-refractivity contribution in [2.45, 2.75) is 38.8 Å². The third-order valence-corrected chi connectivity index (χ3v) is 5.24. The molecule has 5 heteroatoms. The number of nitrogens with two attached hydrogens (primary N) is 1. The summed E-state index contributed by atoms with van der Waals surface area (Å²) in [6, 6.07) is 11.7. The van der Waals surface area contributed by atoms with Crippen molar-refractivity contribution in [3.8, 4) is 5.75 Å². The Bertz CT molecular complexity index is 796. The number of aromatic hydroxyl groups is 1. The molecule has 0 bridgehead atoms. The van der Waals surface area contributed by atoms with Crippen LogP contribution in [0.5, 0.6) is 5.75 Å². The van der Waals surface area contributed by atoms with Crippen molar-refractivity contribution in [3.05, 3.63) is 64.2 Å². The van der Waals surface area contributed by atoms with Crippen LogP contribution in [-0.2, 0) is 13.2 Å². The fraction of sp³-hybridized carbons (Fsp3) is 0.381. The number of carbonyl (C=O) groups is 1. The Morgan fingerprint density at radius 3 is 2.62 bits per heavy atom. The summed E-state index contributed by atoms with van der Waals surface area (Å²) in [6.07, 6.45) is 1.84. The minimum absolute atomic E-state index is 0.0445. The molecule has 3 rings (SSSR count). The van der Waals surface area contributed by atoms with Crippen LogP contribution in [0.25, 0.3) is 0 Å². The van der Waals surface area contributed by atoms with E-state index in [1.165, 1.54) is 5.56 Å². The first-order valence-corrected chi connectivity index (χ1v) is 9.05. The molecule has 0 spiro atoms. The molecular formula is C21H26N2O3. The van der Waals surface area contributed by atoms with Crippen molar-refractivity contribution in [1.82, 2.24) is 4.90 Å². The number of aliphatic hydroxyl groups is 1. The molecule has 0 atom stereocenters. The normalized spacial score (nSPS) is 15.3. The summed E-state index contributed by atoms with van der Waals surface area (Å²) in [7, 11) is 0. The Morgan fingerprint density at radius 2 is 1.96 bits per heavy atom. The highest BCUT2D eigenvalue weighted by Crippen LogP contribution is 2.30. The molecule has 1 fully saturated rings. The van der Waals surface area contributed by atoms with Gasteiger partial charge in [-0.3, -0.25) is 4.79 Å². The number of aliphatic hydroxyl groups excluding tert-OH is 1. The van der Waals surface area contributed by atoms with Gasteiger partial charge in [0, 0.05) is 30.8 Å². The van der Waals surface area contributed by atoms with Crippen LogP contribution in [-0.4, -0.2) is 34.1 Å². The molecule has 138 valence electrons. The fourth-order valence-electron chi connectivity index (χ4n) is 3.67. The number of amides is 1. The van der Waals surface area contributed by atoms with Crippen molar-refractivity contribution in [2.75, 3.05) is 13.1 Å². The molecule has 0 unspecified atom stereocenters. The van der Waals surface area contributed by atoms with Gasteiger partial charge in [-0.1, -0.05) is 24.3 Å². The lowest BCUT2D eigenvalue weighted by Crippen LogP contribution is -2.38. The molecule has 2 aromatic carbocycles. The Morgan fingerprint density at radius 1 is 1.23 bits per heavy atom. The number of aryl methyl sites for hydroxylation is 1. The predicted molar refractivity (Wildman–Crippen MR) is 101 cm³/mol. The monoisotopic (exact) mass is 354 g/mol. The second kappa shape index (κ2) is 7.89. The summed E-state index contributed by atoms with van der Waals surface area (Å²) in [6.45, 7) is 3.39. The Kier molecular flexibility index (Phi) is 5.59. The lowest BCUT2D eigenvalue weighted by atomic mass is 9.88. The molecule has 1 aliphatic heterocycles. The predicted octanol–water partition coefficient (Wildman–Crippen LogP) is 2.67. The smallest absolute Gasteiger partial charge is 0.253 e. The van der Waals surface area contributed by atoms with E-state index in [9.17, 15) is 15.0 Å². The number of likely N-dealkylation sites (tertiary alicyclic amines) is 1. The summed E-state index contributed by atoms with van der Waals surface area (Å²) in [5.41, 5.74) is 9.68. The fourth-order valence-corrected chi connectivity index (χ4v) is 3.67. The lowest BCUT2D eigenvalue weighted by molar-refractivity contribution is 0.0712. The van der Waals surface area contributed by atoms with Crippen molar-refractivity contribution < 1.29 is 15.0 Å². The van der Waals surface area contributed by atoms with E-state index in [1.54, 1.807) is 19.1 Å². The van der Waals surface area contributed by atoms with Crippen LogP contribution in [0.3, 0.4) is 0 Å². The van der Waals surface area contributed by atoms with Gasteiger partial charge >= 0.3 is 0 Å². The van der Waals surface area contributed by atoms with Crippen molar-refractivity contribution in [1.29, 1.82) is 0 Å². The maximum atomic E-state index is 12.8. The minimum atomic E-state index is -0.284. The minimum Gasteiger partial charge on any atom is -0.507 e. The SMILES string of the molecule is Cc1cc(C(=O)N2CCC(c3cccc(CN)c3)CC2)cc(CO)c1O. The van der Waals surface area contributed by atoms with Crippen LogP contribution >= 0.6 is 0 Å². The molecule has 26 heavy (non-hydrogen) atoms. The molecule has 1 heterocycles. The van der Waals surface area contributed by atoms with E-state index >= 15 is 0 Å². The van der Waals surface area contributed by atoms with E-state index < -0.39 is 0 Å². The summed E-state index contributed by atoms with van der Waals surface area (Å²) in [4.78, 5) is 14.7. The van der Waals surface area contributed by atoms with E-state index in [1.807, 2.05) is 17.0 Å². The molecular weight excluding hydrogens is 328 g/mol. The summed E-state index contributed by atoms with van der Waals surface area (Å²) in [5, 5.41) is 19.3. The average molecular weight is 354 g/mol. The zero-order valence-electron chi connectivity index (χ0n) is 15.1. The zero-order chi connectivity index (χ0) is 18.7. The van der Waals surface area contributed by atoms with Crippen molar-refractivity contribution in [2.24, 2.45) is 5.73 Å². The lowest BCUT2D eigenvalue weighted by Gasteiger charge is -2.32. The molecule has 0 aromatic heterocycles. The van der Waals surface area contributed by atoms with Gasteiger partial charge in [0.1, 0.15) is 5.75 Å².